The van der Waals surface area contributed by atoms with Gasteiger partial charge in [0.15, 0.2) is 17.7 Å². The Morgan fingerprint density at radius 1 is 1.12 bits per heavy atom. The fourth-order valence-corrected chi connectivity index (χ4v) is 6.26. The first-order valence-electron chi connectivity index (χ1n) is 13.7. The highest BCUT2D eigenvalue weighted by atomic mass is 19.1. The van der Waals surface area contributed by atoms with Crippen LogP contribution in [-0.2, 0) is 14.3 Å². The standard InChI is InChI=1S/C27H32FN3O10/c1-39-23-17-13(7-15(28)18(23)30-8-11-3-2-6-29-16(11)10-30)19(32)14(9-31(17)12-4-5-12)26(38)41-27-22(35)20(33)21(34)24(40-27)25(36)37/h7,9,11-12,16,20-22,24,27,29,33-35H,2-6,8,10H2,1H3,(H,36,37)/t11-,16+,20?,21?,22?,24?,27?/m0/s1. The molecule has 13 nitrogen and oxygen atoms in total. The van der Waals surface area contributed by atoms with Crippen molar-refractivity contribution >= 4 is 28.5 Å². The van der Waals surface area contributed by atoms with Gasteiger partial charge in [0.1, 0.15) is 29.6 Å². The molecule has 0 bridgehead atoms. The van der Waals surface area contributed by atoms with E-state index in [-0.39, 0.29) is 28.9 Å². The van der Waals surface area contributed by atoms with Crippen molar-refractivity contribution in [1.29, 1.82) is 0 Å². The van der Waals surface area contributed by atoms with Gasteiger partial charge in [0, 0.05) is 31.4 Å². The quantitative estimate of drug-likeness (QED) is 0.284. The first-order chi connectivity index (χ1) is 19.6. The van der Waals surface area contributed by atoms with E-state index >= 15 is 4.39 Å². The van der Waals surface area contributed by atoms with Crippen LogP contribution in [0.3, 0.4) is 0 Å². The number of nitrogens with one attached hydrogen (secondary N) is 1. The first-order valence-corrected chi connectivity index (χ1v) is 13.7. The molecule has 1 saturated carbocycles. The molecule has 14 heteroatoms. The number of anilines is 1. The molecule has 3 saturated heterocycles. The average Bonchev–Trinajstić information content (AvgIpc) is 3.70. The van der Waals surface area contributed by atoms with Crippen LogP contribution in [0.4, 0.5) is 10.1 Å². The molecule has 0 amide bonds. The number of rotatable bonds is 6. The van der Waals surface area contributed by atoms with E-state index < -0.39 is 59.5 Å². The smallest absolute Gasteiger partial charge is 0.346 e. The number of hydrogen-bond acceptors (Lipinski definition) is 11. The largest absolute Gasteiger partial charge is 0.492 e. The molecule has 4 fully saturated rings. The van der Waals surface area contributed by atoms with Gasteiger partial charge in [-0.3, -0.25) is 4.79 Å². The number of pyridine rings is 1. The Morgan fingerprint density at radius 3 is 2.54 bits per heavy atom. The number of fused-ring (bicyclic) bond motifs is 2. The van der Waals surface area contributed by atoms with Crippen molar-refractivity contribution < 1.29 is 48.6 Å². The Hall–Kier alpha value is -3.30. The third-order valence-electron chi connectivity index (χ3n) is 8.51. The third-order valence-corrected chi connectivity index (χ3v) is 8.51. The van der Waals surface area contributed by atoms with Crippen LogP contribution in [0.5, 0.6) is 5.75 Å². The van der Waals surface area contributed by atoms with Crippen molar-refractivity contribution in [3.8, 4) is 5.75 Å². The first kappa shape index (κ1) is 27.8. The number of benzene rings is 1. The molecular formula is C27H32FN3O10. The van der Waals surface area contributed by atoms with E-state index in [1.54, 1.807) is 4.57 Å². The number of carboxylic acids is 1. The number of carboxylic acid groups (broad SMARTS) is 1. The Bertz CT molecular complexity index is 1430. The Kier molecular flexibility index (Phi) is 7.14. The molecule has 0 spiro atoms. The summed E-state index contributed by atoms with van der Waals surface area (Å²) < 4.78 is 33.4. The number of methoxy groups -OCH3 is 1. The van der Waals surface area contributed by atoms with Gasteiger partial charge in [-0.05, 0) is 44.2 Å². The van der Waals surface area contributed by atoms with E-state index in [0.717, 1.165) is 38.3 Å². The molecule has 4 heterocycles. The number of aliphatic hydroxyl groups excluding tert-OH is 3. The van der Waals surface area contributed by atoms with Gasteiger partial charge in [-0.2, -0.15) is 0 Å². The summed E-state index contributed by atoms with van der Waals surface area (Å²) in [6.45, 7) is 2.13. The van der Waals surface area contributed by atoms with Crippen LogP contribution in [0.25, 0.3) is 10.9 Å². The number of carbonyl (C=O) groups excluding carboxylic acids is 1. The second kappa shape index (κ2) is 10.5. The predicted octanol–water partition coefficient (Wildman–Crippen LogP) is -0.279. The highest BCUT2D eigenvalue weighted by Crippen LogP contribution is 2.45. The fraction of sp³-hybridized carbons (Fsp3) is 0.593. The van der Waals surface area contributed by atoms with Gasteiger partial charge in [-0.15, -0.1) is 0 Å². The lowest BCUT2D eigenvalue weighted by Crippen LogP contribution is -2.60. The zero-order valence-electron chi connectivity index (χ0n) is 22.2. The summed E-state index contributed by atoms with van der Waals surface area (Å²) in [7, 11) is 1.41. The Labute approximate surface area is 233 Å². The highest BCUT2D eigenvalue weighted by Gasteiger charge is 2.49. The number of aliphatic carboxylic acids is 1. The van der Waals surface area contributed by atoms with Gasteiger partial charge in [-0.1, -0.05) is 0 Å². The van der Waals surface area contributed by atoms with Crippen molar-refractivity contribution in [2.24, 2.45) is 5.92 Å². The molecule has 1 aromatic heterocycles. The van der Waals surface area contributed by atoms with Crippen LogP contribution in [0.1, 0.15) is 42.1 Å². The summed E-state index contributed by atoms with van der Waals surface area (Å²) in [5.41, 5.74) is -0.762. The van der Waals surface area contributed by atoms with E-state index in [1.807, 2.05) is 4.90 Å². The van der Waals surface area contributed by atoms with Gasteiger partial charge >= 0.3 is 11.9 Å². The number of carbonyl (C=O) groups is 2. The van der Waals surface area contributed by atoms with Crippen molar-refractivity contribution in [3.05, 3.63) is 33.9 Å². The molecule has 1 aromatic carbocycles. The molecule has 3 aliphatic heterocycles. The van der Waals surface area contributed by atoms with E-state index in [4.69, 9.17) is 14.2 Å². The minimum absolute atomic E-state index is 0.0930. The number of aliphatic hydroxyl groups is 3. The zero-order valence-corrected chi connectivity index (χ0v) is 22.2. The molecule has 41 heavy (non-hydrogen) atoms. The zero-order chi connectivity index (χ0) is 29.2. The fourth-order valence-electron chi connectivity index (χ4n) is 6.26. The monoisotopic (exact) mass is 577 g/mol. The summed E-state index contributed by atoms with van der Waals surface area (Å²) in [5.74, 6) is -3.05. The molecule has 5 unspecified atom stereocenters. The maximum absolute atomic E-state index is 15.8. The number of ether oxygens (including phenoxy) is 3. The second-order valence-corrected chi connectivity index (χ2v) is 11.2. The summed E-state index contributed by atoms with van der Waals surface area (Å²) in [6.07, 6.45) is -5.10. The Morgan fingerprint density at radius 2 is 1.88 bits per heavy atom. The Balaban J connectivity index is 1.39. The lowest BCUT2D eigenvalue weighted by Gasteiger charge is -2.37. The minimum Gasteiger partial charge on any atom is -0.492 e. The van der Waals surface area contributed by atoms with Crippen molar-refractivity contribution in [3.63, 3.8) is 0 Å². The SMILES string of the molecule is COc1c(N2C[C@@H]3CCCN[C@@H]3C2)c(F)cc2c(=O)c(C(=O)OC3OC(C(=O)O)C(O)C(O)C3O)cn(C3CC3)c12. The number of esters is 1. The lowest BCUT2D eigenvalue weighted by molar-refractivity contribution is -0.278. The van der Waals surface area contributed by atoms with E-state index in [9.17, 15) is 34.8 Å². The van der Waals surface area contributed by atoms with Crippen LogP contribution in [0, 0.1) is 11.7 Å². The van der Waals surface area contributed by atoms with Gasteiger partial charge in [-0.25, -0.2) is 14.0 Å². The minimum atomic E-state index is -2.00. The number of aromatic nitrogens is 1. The van der Waals surface area contributed by atoms with Crippen molar-refractivity contribution in [1.82, 2.24) is 9.88 Å². The van der Waals surface area contributed by atoms with Crippen LogP contribution in [0.2, 0.25) is 0 Å². The number of nitrogens with zero attached hydrogens (tertiary/aromatic N) is 2. The summed E-state index contributed by atoms with van der Waals surface area (Å²) >= 11 is 0. The maximum Gasteiger partial charge on any atom is 0.346 e. The highest BCUT2D eigenvalue weighted by molar-refractivity contribution is 5.98. The van der Waals surface area contributed by atoms with Crippen molar-refractivity contribution in [2.45, 2.75) is 68.5 Å². The van der Waals surface area contributed by atoms with E-state index in [2.05, 4.69) is 5.32 Å². The number of halogens is 1. The van der Waals surface area contributed by atoms with Crippen LogP contribution in [0.15, 0.2) is 17.1 Å². The van der Waals surface area contributed by atoms with Gasteiger partial charge in [0.2, 0.25) is 11.7 Å². The second-order valence-electron chi connectivity index (χ2n) is 11.2. The van der Waals surface area contributed by atoms with E-state index in [0.29, 0.717) is 24.5 Å². The lowest BCUT2D eigenvalue weighted by atomic mass is 9.94. The molecule has 4 aliphatic rings. The molecule has 6 rings (SSSR count). The molecule has 1 aliphatic carbocycles. The average molecular weight is 578 g/mol. The molecule has 222 valence electrons. The van der Waals surface area contributed by atoms with Crippen molar-refractivity contribution in [2.75, 3.05) is 31.6 Å². The maximum atomic E-state index is 15.8. The topological polar surface area (TPSA) is 180 Å². The molecule has 5 N–H and O–H groups in total. The van der Waals surface area contributed by atoms with Crippen LogP contribution < -0.4 is 20.4 Å². The molecule has 7 atom stereocenters. The van der Waals surface area contributed by atoms with Gasteiger partial charge in [0.25, 0.3) is 0 Å². The number of hydrogen-bond donors (Lipinski definition) is 5. The van der Waals surface area contributed by atoms with Crippen LogP contribution in [-0.4, -0.2) is 100 Å². The third kappa shape index (κ3) is 4.73. The van der Waals surface area contributed by atoms with Gasteiger partial charge < -0.3 is 49.4 Å². The van der Waals surface area contributed by atoms with Crippen LogP contribution >= 0.6 is 0 Å². The summed E-state index contributed by atoms with van der Waals surface area (Å²) in [5, 5.41) is 42.8. The molecule has 0 radical (unpaired) electrons. The summed E-state index contributed by atoms with van der Waals surface area (Å²) in [4.78, 5) is 40.1. The van der Waals surface area contributed by atoms with E-state index in [1.165, 1.54) is 13.3 Å². The molecule has 2 aromatic rings. The summed E-state index contributed by atoms with van der Waals surface area (Å²) in [6, 6.07) is 1.22. The van der Waals surface area contributed by atoms with Gasteiger partial charge in [0.05, 0.1) is 18.0 Å². The predicted molar refractivity (Wildman–Crippen MR) is 139 cm³/mol. The number of piperidine rings is 1. The molecular weight excluding hydrogens is 545 g/mol. The normalized spacial score (nSPS) is 31.6.